The Labute approximate surface area is 129 Å². The van der Waals surface area contributed by atoms with Crippen LogP contribution in [0.15, 0.2) is 0 Å². The number of carbonyl (C=O) groups excluding carboxylic acids is 1. The zero-order valence-corrected chi connectivity index (χ0v) is 14.0. The molecule has 0 aliphatic rings. The summed E-state index contributed by atoms with van der Waals surface area (Å²) in [5, 5.41) is 9.04. The van der Waals surface area contributed by atoms with Crippen molar-refractivity contribution in [3.63, 3.8) is 0 Å². The lowest BCUT2D eigenvalue weighted by Crippen LogP contribution is -2.34. The highest BCUT2D eigenvalue weighted by atomic mass is 16.5. The van der Waals surface area contributed by atoms with Gasteiger partial charge in [-0.3, -0.25) is 9.59 Å². The molecule has 0 saturated carbocycles. The first kappa shape index (κ1) is 19.9. The van der Waals surface area contributed by atoms with Crippen LogP contribution in [-0.4, -0.2) is 24.2 Å². The number of esters is 1. The van der Waals surface area contributed by atoms with E-state index in [0.29, 0.717) is 12.8 Å². The predicted molar refractivity (Wildman–Crippen MR) is 84.2 cm³/mol. The van der Waals surface area contributed by atoms with Gasteiger partial charge in [0.25, 0.3) is 0 Å². The number of carbonyl (C=O) groups is 2. The largest absolute Gasteiger partial charge is 0.481 e. The summed E-state index contributed by atoms with van der Waals surface area (Å²) in [6.07, 6.45) is 10.5. The third kappa shape index (κ3) is 8.08. The van der Waals surface area contributed by atoms with Crippen LogP contribution in [0.1, 0.15) is 84.5 Å². The molecule has 0 bridgehead atoms. The number of carboxylic acid groups (broad SMARTS) is 1. The van der Waals surface area contributed by atoms with Crippen molar-refractivity contribution in [2.75, 3.05) is 7.11 Å². The van der Waals surface area contributed by atoms with E-state index < -0.39 is 11.4 Å². The van der Waals surface area contributed by atoms with Gasteiger partial charge in [-0.2, -0.15) is 0 Å². The number of unbranched alkanes of at least 4 members (excludes halogenated alkanes) is 7. The maximum atomic E-state index is 12.0. The molecule has 1 atom stereocenters. The monoisotopic (exact) mass is 300 g/mol. The van der Waals surface area contributed by atoms with Crippen molar-refractivity contribution in [3.05, 3.63) is 0 Å². The molecule has 0 rings (SSSR count). The first-order chi connectivity index (χ1) is 10.0. The van der Waals surface area contributed by atoms with E-state index in [2.05, 4.69) is 6.92 Å². The van der Waals surface area contributed by atoms with Gasteiger partial charge in [-0.25, -0.2) is 0 Å². The Morgan fingerprint density at radius 1 is 0.952 bits per heavy atom. The molecule has 0 aliphatic carbocycles. The van der Waals surface area contributed by atoms with Crippen molar-refractivity contribution >= 4 is 11.9 Å². The molecule has 0 aromatic carbocycles. The van der Waals surface area contributed by atoms with Gasteiger partial charge in [-0.05, 0) is 12.8 Å². The Balaban J connectivity index is 4.12. The number of hydrogen-bond acceptors (Lipinski definition) is 3. The zero-order valence-electron chi connectivity index (χ0n) is 14.0. The SMILES string of the molecule is CCCCCCCCCCC(CC)(CC(=O)O)C(=O)OC. The van der Waals surface area contributed by atoms with Gasteiger partial charge in [-0.1, -0.05) is 65.2 Å². The van der Waals surface area contributed by atoms with Crippen LogP contribution in [0, 0.1) is 5.41 Å². The molecule has 0 saturated heterocycles. The number of methoxy groups -OCH3 is 1. The van der Waals surface area contributed by atoms with E-state index in [9.17, 15) is 9.59 Å². The quantitative estimate of drug-likeness (QED) is 0.400. The average molecular weight is 300 g/mol. The van der Waals surface area contributed by atoms with Gasteiger partial charge in [0.2, 0.25) is 0 Å². The summed E-state index contributed by atoms with van der Waals surface area (Å²) in [5.74, 6) is -1.31. The maximum absolute atomic E-state index is 12.0. The summed E-state index contributed by atoms with van der Waals surface area (Å²) in [6, 6.07) is 0. The topological polar surface area (TPSA) is 63.6 Å². The lowest BCUT2D eigenvalue weighted by atomic mass is 9.77. The zero-order chi connectivity index (χ0) is 16.1. The minimum atomic E-state index is -0.929. The molecule has 0 heterocycles. The lowest BCUT2D eigenvalue weighted by molar-refractivity contribution is -0.159. The molecule has 4 nitrogen and oxygen atoms in total. The summed E-state index contributed by atoms with van der Waals surface area (Å²) in [4.78, 5) is 23.0. The first-order valence-electron chi connectivity index (χ1n) is 8.32. The third-order valence-electron chi connectivity index (χ3n) is 4.29. The van der Waals surface area contributed by atoms with Crippen LogP contribution in [0.2, 0.25) is 0 Å². The molecule has 4 heteroatoms. The molecule has 0 aromatic heterocycles. The van der Waals surface area contributed by atoms with Crippen LogP contribution < -0.4 is 0 Å². The summed E-state index contributed by atoms with van der Waals surface area (Å²) in [5.41, 5.74) is -0.844. The number of ether oxygens (including phenoxy) is 1. The average Bonchev–Trinajstić information content (AvgIpc) is 2.47. The summed E-state index contributed by atoms with van der Waals surface area (Å²) < 4.78 is 4.83. The molecule has 0 fully saturated rings. The smallest absolute Gasteiger partial charge is 0.312 e. The molecule has 0 amide bonds. The van der Waals surface area contributed by atoms with Crippen molar-refractivity contribution in [3.8, 4) is 0 Å². The number of aliphatic carboxylic acids is 1. The second kappa shape index (κ2) is 11.6. The predicted octanol–water partition coefficient (Wildman–Crippen LogP) is 4.56. The Bertz CT molecular complexity index is 301. The van der Waals surface area contributed by atoms with Gasteiger partial charge in [-0.15, -0.1) is 0 Å². The van der Waals surface area contributed by atoms with Gasteiger partial charge in [0.05, 0.1) is 18.9 Å². The van der Waals surface area contributed by atoms with E-state index in [0.717, 1.165) is 19.3 Å². The maximum Gasteiger partial charge on any atom is 0.312 e. The van der Waals surface area contributed by atoms with Gasteiger partial charge in [0, 0.05) is 0 Å². The normalized spacial score (nSPS) is 13.7. The second-order valence-electron chi connectivity index (χ2n) is 5.92. The van der Waals surface area contributed by atoms with E-state index in [1.54, 1.807) is 0 Å². The summed E-state index contributed by atoms with van der Waals surface area (Å²) >= 11 is 0. The molecule has 124 valence electrons. The fourth-order valence-electron chi connectivity index (χ4n) is 2.81. The summed E-state index contributed by atoms with van der Waals surface area (Å²) in [7, 11) is 1.34. The molecule has 1 unspecified atom stereocenters. The summed E-state index contributed by atoms with van der Waals surface area (Å²) in [6.45, 7) is 4.07. The minimum absolute atomic E-state index is 0.132. The van der Waals surface area contributed by atoms with Crippen molar-refractivity contribution in [2.24, 2.45) is 5.41 Å². The molecule has 0 aliphatic heterocycles. The first-order valence-corrected chi connectivity index (χ1v) is 8.32. The minimum Gasteiger partial charge on any atom is -0.481 e. The van der Waals surface area contributed by atoms with Gasteiger partial charge < -0.3 is 9.84 Å². The van der Waals surface area contributed by atoms with Crippen molar-refractivity contribution < 1.29 is 19.4 Å². The van der Waals surface area contributed by atoms with Crippen LogP contribution >= 0.6 is 0 Å². The Hall–Kier alpha value is -1.06. The van der Waals surface area contributed by atoms with E-state index >= 15 is 0 Å². The van der Waals surface area contributed by atoms with E-state index in [4.69, 9.17) is 9.84 Å². The molecule has 0 spiro atoms. The number of hydrogen-bond donors (Lipinski definition) is 1. The van der Waals surface area contributed by atoms with Crippen LogP contribution in [-0.2, 0) is 14.3 Å². The van der Waals surface area contributed by atoms with Gasteiger partial charge >= 0.3 is 11.9 Å². The van der Waals surface area contributed by atoms with Crippen LogP contribution in [0.25, 0.3) is 0 Å². The number of rotatable bonds is 13. The molecular formula is C17H32O4. The Morgan fingerprint density at radius 2 is 1.48 bits per heavy atom. The molecular weight excluding hydrogens is 268 g/mol. The van der Waals surface area contributed by atoms with Crippen LogP contribution in [0.4, 0.5) is 0 Å². The lowest BCUT2D eigenvalue weighted by Gasteiger charge is -2.28. The highest BCUT2D eigenvalue weighted by molar-refractivity contribution is 5.82. The van der Waals surface area contributed by atoms with Crippen molar-refractivity contribution in [1.82, 2.24) is 0 Å². The number of carboxylic acids is 1. The van der Waals surface area contributed by atoms with E-state index in [-0.39, 0.29) is 12.4 Å². The standard InChI is InChI=1S/C17H32O4/c1-4-6-7-8-9-10-11-12-13-17(5-2,14-15(18)19)16(20)21-3/h4-14H2,1-3H3,(H,18,19). The molecule has 0 radical (unpaired) electrons. The van der Waals surface area contributed by atoms with Gasteiger partial charge in [0.15, 0.2) is 0 Å². The van der Waals surface area contributed by atoms with Crippen LogP contribution in [0.3, 0.4) is 0 Å². The fraction of sp³-hybridized carbons (Fsp3) is 0.882. The highest BCUT2D eigenvalue weighted by Crippen LogP contribution is 2.34. The molecule has 0 aromatic rings. The third-order valence-corrected chi connectivity index (χ3v) is 4.29. The molecule has 1 N–H and O–H groups in total. The van der Waals surface area contributed by atoms with E-state index in [1.165, 1.54) is 39.2 Å². The van der Waals surface area contributed by atoms with E-state index in [1.807, 2.05) is 6.92 Å². The second-order valence-corrected chi connectivity index (χ2v) is 5.92. The fourth-order valence-corrected chi connectivity index (χ4v) is 2.81. The highest BCUT2D eigenvalue weighted by Gasteiger charge is 2.39. The Kier molecular flexibility index (Phi) is 11.0. The van der Waals surface area contributed by atoms with Crippen molar-refractivity contribution in [2.45, 2.75) is 84.5 Å². The van der Waals surface area contributed by atoms with Crippen LogP contribution in [0.5, 0.6) is 0 Å². The van der Waals surface area contributed by atoms with Crippen molar-refractivity contribution in [1.29, 1.82) is 0 Å². The van der Waals surface area contributed by atoms with Gasteiger partial charge in [0.1, 0.15) is 0 Å². The Morgan fingerprint density at radius 3 is 1.90 bits per heavy atom. The molecule has 21 heavy (non-hydrogen) atoms.